The molecule has 1 amide bonds. The number of fused-ring (bicyclic) bond motifs is 1. The first-order valence-corrected chi connectivity index (χ1v) is 11.9. The maximum absolute atomic E-state index is 13.3. The van der Waals surface area contributed by atoms with Gasteiger partial charge in [0.25, 0.3) is 5.91 Å². The number of ether oxygens (including phenoxy) is 1. The lowest BCUT2D eigenvalue weighted by molar-refractivity contribution is 0.102. The molecule has 1 saturated carbocycles. The number of rotatable bonds is 5. The minimum atomic E-state index is -0.148. The van der Waals surface area contributed by atoms with E-state index in [0.717, 1.165) is 28.1 Å². The first-order chi connectivity index (χ1) is 16.5. The number of hydrogen-bond acceptors (Lipinski definition) is 4. The van der Waals surface area contributed by atoms with E-state index in [1.54, 1.807) is 13.3 Å². The van der Waals surface area contributed by atoms with Crippen molar-refractivity contribution in [3.05, 3.63) is 77.4 Å². The lowest BCUT2D eigenvalue weighted by Crippen LogP contribution is -2.15. The van der Waals surface area contributed by atoms with Gasteiger partial charge in [0.15, 0.2) is 0 Å². The van der Waals surface area contributed by atoms with Gasteiger partial charge in [-0.15, -0.1) is 0 Å². The van der Waals surface area contributed by atoms with Gasteiger partial charge in [0.2, 0.25) is 5.78 Å². The van der Waals surface area contributed by atoms with Gasteiger partial charge in [-0.1, -0.05) is 43.5 Å². The molecule has 2 aromatic heterocycles. The Morgan fingerprint density at radius 3 is 2.56 bits per heavy atom. The predicted octanol–water partition coefficient (Wildman–Crippen LogP) is 6.32. The van der Waals surface area contributed by atoms with E-state index in [2.05, 4.69) is 26.6 Å². The van der Waals surface area contributed by atoms with Crippen molar-refractivity contribution < 1.29 is 9.53 Å². The number of anilines is 1. The quantitative estimate of drug-likeness (QED) is 0.383. The Kier molecular flexibility index (Phi) is 6.05. The number of nitrogens with one attached hydrogen (secondary N) is 1. The van der Waals surface area contributed by atoms with E-state index in [4.69, 9.17) is 4.74 Å². The molecule has 174 valence electrons. The van der Waals surface area contributed by atoms with Crippen LogP contribution in [0.15, 0.2) is 54.9 Å². The van der Waals surface area contributed by atoms with E-state index in [1.807, 2.05) is 55.6 Å². The molecule has 6 nitrogen and oxygen atoms in total. The second-order valence-electron chi connectivity index (χ2n) is 9.09. The lowest BCUT2D eigenvalue weighted by atomic mass is 9.86. The third-order valence-electron chi connectivity index (χ3n) is 6.93. The van der Waals surface area contributed by atoms with Crippen molar-refractivity contribution >= 4 is 17.4 Å². The molecule has 1 aliphatic carbocycles. The average molecular weight is 455 g/mol. The van der Waals surface area contributed by atoms with Crippen LogP contribution in [-0.2, 0) is 0 Å². The van der Waals surface area contributed by atoms with Crippen LogP contribution in [0, 0.1) is 13.8 Å². The van der Waals surface area contributed by atoms with Gasteiger partial charge < -0.3 is 10.1 Å². The van der Waals surface area contributed by atoms with E-state index < -0.39 is 0 Å². The highest BCUT2D eigenvalue weighted by Crippen LogP contribution is 2.35. The van der Waals surface area contributed by atoms with Crippen molar-refractivity contribution in [2.24, 2.45) is 0 Å². The monoisotopic (exact) mass is 454 g/mol. The van der Waals surface area contributed by atoms with Gasteiger partial charge in [-0.05, 0) is 61.6 Å². The third kappa shape index (κ3) is 4.16. The summed E-state index contributed by atoms with van der Waals surface area (Å²) in [7, 11) is 1.65. The fourth-order valence-corrected chi connectivity index (χ4v) is 5.16. The Morgan fingerprint density at radius 1 is 1.06 bits per heavy atom. The molecule has 1 N–H and O–H groups in total. The first kappa shape index (κ1) is 22.1. The Morgan fingerprint density at radius 2 is 1.82 bits per heavy atom. The summed E-state index contributed by atoms with van der Waals surface area (Å²) < 4.78 is 7.34. The van der Waals surface area contributed by atoms with E-state index in [9.17, 15) is 4.79 Å². The summed E-state index contributed by atoms with van der Waals surface area (Å²) in [4.78, 5) is 22.5. The van der Waals surface area contributed by atoms with Crippen LogP contribution in [0.1, 0.15) is 65.3 Å². The molecule has 2 aromatic carbocycles. The SMILES string of the molecule is COc1ccc(-c2cccc(C(=O)Nc3cnc4nc(C)c(C5CCCCC5)n4c3)c2C)cc1. The number of amides is 1. The predicted molar refractivity (Wildman–Crippen MR) is 135 cm³/mol. The molecular formula is C28H30N4O2. The fraction of sp³-hybridized carbons (Fsp3) is 0.321. The van der Waals surface area contributed by atoms with E-state index in [1.165, 1.54) is 37.8 Å². The summed E-state index contributed by atoms with van der Waals surface area (Å²) in [5.41, 5.74) is 6.57. The third-order valence-corrected chi connectivity index (χ3v) is 6.93. The minimum Gasteiger partial charge on any atom is -0.497 e. The van der Waals surface area contributed by atoms with Gasteiger partial charge in [-0.25, -0.2) is 9.97 Å². The van der Waals surface area contributed by atoms with Crippen LogP contribution in [0.2, 0.25) is 0 Å². The van der Waals surface area contributed by atoms with Gasteiger partial charge >= 0.3 is 0 Å². The van der Waals surface area contributed by atoms with Crippen molar-refractivity contribution in [2.75, 3.05) is 12.4 Å². The van der Waals surface area contributed by atoms with Gasteiger partial charge in [0.1, 0.15) is 5.75 Å². The molecule has 4 aromatic rings. The molecule has 0 atom stereocenters. The molecule has 0 unspecified atom stereocenters. The highest BCUT2D eigenvalue weighted by Gasteiger charge is 2.23. The first-order valence-electron chi connectivity index (χ1n) is 11.9. The number of aromatic nitrogens is 3. The smallest absolute Gasteiger partial charge is 0.256 e. The van der Waals surface area contributed by atoms with Crippen molar-refractivity contribution in [1.29, 1.82) is 0 Å². The van der Waals surface area contributed by atoms with Crippen LogP contribution in [0.5, 0.6) is 5.75 Å². The van der Waals surface area contributed by atoms with E-state index >= 15 is 0 Å². The van der Waals surface area contributed by atoms with Crippen LogP contribution in [0.4, 0.5) is 5.69 Å². The van der Waals surface area contributed by atoms with Gasteiger partial charge in [0, 0.05) is 17.7 Å². The van der Waals surface area contributed by atoms with Crippen molar-refractivity contribution in [2.45, 2.75) is 51.9 Å². The van der Waals surface area contributed by atoms with Crippen molar-refractivity contribution in [1.82, 2.24) is 14.4 Å². The number of imidazole rings is 1. The zero-order valence-corrected chi connectivity index (χ0v) is 20.0. The van der Waals surface area contributed by atoms with Crippen LogP contribution in [0.25, 0.3) is 16.9 Å². The average Bonchev–Trinajstić information content (AvgIpc) is 3.19. The summed E-state index contributed by atoms with van der Waals surface area (Å²) >= 11 is 0. The van der Waals surface area contributed by atoms with Crippen LogP contribution in [-0.4, -0.2) is 27.4 Å². The molecule has 0 radical (unpaired) electrons. The molecule has 34 heavy (non-hydrogen) atoms. The Balaban J connectivity index is 1.43. The van der Waals surface area contributed by atoms with Gasteiger partial charge in [-0.2, -0.15) is 0 Å². The molecule has 1 fully saturated rings. The minimum absolute atomic E-state index is 0.148. The van der Waals surface area contributed by atoms with Crippen molar-refractivity contribution in [3.8, 4) is 16.9 Å². The van der Waals surface area contributed by atoms with E-state index in [-0.39, 0.29) is 5.91 Å². The van der Waals surface area contributed by atoms with Crippen LogP contribution in [0.3, 0.4) is 0 Å². The van der Waals surface area contributed by atoms with Gasteiger partial charge in [-0.3, -0.25) is 9.20 Å². The molecule has 6 heteroatoms. The Labute approximate surface area is 200 Å². The molecule has 5 rings (SSSR count). The highest BCUT2D eigenvalue weighted by atomic mass is 16.5. The maximum Gasteiger partial charge on any atom is 0.256 e. The largest absolute Gasteiger partial charge is 0.497 e. The summed E-state index contributed by atoms with van der Waals surface area (Å²) in [5, 5.41) is 3.06. The number of nitrogens with zero attached hydrogens (tertiary/aromatic N) is 3. The van der Waals surface area contributed by atoms with Crippen molar-refractivity contribution in [3.63, 3.8) is 0 Å². The number of methoxy groups -OCH3 is 1. The zero-order valence-electron chi connectivity index (χ0n) is 20.0. The number of benzene rings is 2. The molecule has 1 aliphatic rings. The topological polar surface area (TPSA) is 68.5 Å². The maximum atomic E-state index is 13.3. The van der Waals surface area contributed by atoms with Crippen LogP contribution < -0.4 is 10.1 Å². The normalized spacial score (nSPS) is 14.3. The second-order valence-corrected chi connectivity index (χ2v) is 9.09. The highest BCUT2D eigenvalue weighted by molar-refractivity contribution is 6.06. The van der Waals surface area contributed by atoms with E-state index in [0.29, 0.717) is 22.9 Å². The summed E-state index contributed by atoms with van der Waals surface area (Å²) in [6.45, 7) is 4.04. The molecule has 0 aliphatic heterocycles. The molecule has 0 bridgehead atoms. The molecule has 0 spiro atoms. The molecule has 2 heterocycles. The Hall–Kier alpha value is -3.67. The zero-order chi connectivity index (χ0) is 23.7. The standard InChI is InChI=1S/C28H30N4O2/c1-18-24(20-12-14-23(34-3)15-13-20)10-7-11-25(18)27(33)31-22-16-29-28-30-19(2)26(32(28)17-22)21-8-5-4-6-9-21/h7,10-17,21H,4-6,8-9H2,1-3H3,(H,31,33). The fourth-order valence-electron chi connectivity index (χ4n) is 5.16. The van der Waals surface area contributed by atoms with Gasteiger partial charge in [0.05, 0.1) is 30.4 Å². The number of hydrogen-bond donors (Lipinski definition) is 1. The summed E-state index contributed by atoms with van der Waals surface area (Å²) in [6.07, 6.45) is 9.84. The number of aryl methyl sites for hydroxylation is 1. The Bertz CT molecular complexity index is 1330. The summed E-state index contributed by atoms with van der Waals surface area (Å²) in [5.74, 6) is 1.85. The lowest BCUT2D eigenvalue weighted by Gasteiger charge is -2.22. The second kappa shape index (κ2) is 9.29. The molecular weight excluding hydrogens is 424 g/mol. The number of carbonyl (C=O) groups excluding carboxylic acids is 1. The molecule has 0 saturated heterocycles. The summed E-state index contributed by atoms with van der Waals surface area (Å²) in [6, 6.07) is 13.7. The number of carbonyl (C=O) groups is 1. The van der Waals surface area contributed by atoms with Crippen LogP contribution >= 0.6 is 0 Å².